The molecule has 0 spiro atoms. The molecule has 0 aliphatic heterocycles. The molecule has 1 aromatic carbocycles. The summed E-state index contributed by atoms with van der Waals surface area (Å²) in [5.41, 5.74) is 1.89. The van der Waals surface area contributed by atoms with E-state index in [9.17, 15) is 0 Å². The topological polar surface area (TPSA) is 12.0 Å². The van der Waals surface area contributed by atoms with Crippen LogP contribution >= 0.6 is 11.8 Å². The van der Waals surface area contributed by atoms with Crippen molar-refractivity contribution in [3.8, 4) is 0 Å². The summed E-state index contributed by atoms with van der Waals surface area (Å²) < 4.78 is 0. The van der Waals surface area contributed by atoms with Gasteiger partial charge in [-0.25, -0.2) is 0 Å². The SMILES string of the molecule is CCCNC1C(SCc2ccccc2)CCCC1(C)C. The third kappa shape index (κ3) is 4.26. The van der Waals surface area contributed by atoms with Gasteiger partial charge < -0.3 is 5.32 Å². The van der Waals surface area contributed by atoms with E-state index in [1.54, 1.807) is 0 Å². The van der Waals surface area contributed by atoms with E-state index in [1.807, 2.05) is 0 Å². The van der Waals surface area contributed by atoms with Crippen LogP contribution in [0.25, 0.3) is 0 Å². The Balaban J connectivity index is 1.96. The van der Waals surface area contributed by atoms with Crippen molar-refractivity contribution < 1.29 is 0 Å². The quantitative estimate of drug-likeness (QED) is 0.802. The van der Waals surface area contributed by atoms with Crippen molar-refractivity contribution in [1.82, 2.24) is 5.32 Å². The molecule has 1 fully saturated rings. The molecule has 0 radical (unpaired) electrons. The Morgan fingerprint density at radius 1 is 1.25 bits per heavy atom. The first-order chi connectivity index (χ1) is 9.63. The highest BCUT2D eigenvalue weighted by Gasteiger charge is 2.38. The Morgan fingerprint density at radius 2 is 2.00 bits per heavy atom. The fourth-order valence-corrected chi connectivity index (χ4v) is 4.84. The molecule has 2 heteroatoms. The second-order valence-corrected chi connectivity index (χ2v) is 7.88. The molecule has 1 saturated carbocycles. The van der Waals surface area contributed by atoms with Crippen LogP contribution in [0.15, 0.2) is 30.3 Å². The van der Waals surface area contributed by atoms with Crippen LogP contribution in [-0.2, 0) is 5.75 Å². The maximum absolute atomic E-state index is 3.83. The van der Waals surface area contributed by atoms with E-state index in [-0.39, 0.29) is 0 Å². The zero-order chi connectivity index (χ0) is 14.4. The van der Waals surface area contributed by atoms with Crippen LogP contribution in [0.1, 0.15) is 52.0 Å². The predicted molar refractivity (Wildman–Crippen MR) is 91.2 cm³/mol. The Kier molecular flexibility index (Phi) is 5.98. The lowest BCUT2D eigenvalue weighted by Crippen LogP contribution is -2.51. The van der Waals surface area contributed by atoms with E-state index in [0.29, 0.717) is 11.5 Å². The number of benzene rings is 1. The van der Waals surface area contributed by atoms with Gasteiger partial charge in [-0.2, -0.15) is 11.8 Å². The first-order valence-electron chi connectivity index (χ1n) is 8.02. The zero-order valence-corrected chi connectivity index (χ0v) is 14.0. The molecule has 2 rings (SSSR count). The van der Waals surface area contributed by atoms with E-state index in [0.717, 1.165) is 17.5 Å². The molecule has 1 nitrogen and oxygen atoms in total. The van der Waals surface area contributed by atoms with Gasteiger partial charge in [-0.05, 0) is 36.8 Å². The molecule has 20 heavy (non-hydrogen) atoms. The maximum Gasteiger partial charge on any atom is 0.0237 e. The average Bonchev–Trinajstić information content (AvgIpc) is 2.44. The van der Waals surface area contributed by atoms with Gasteiger partial charge in [-0.15, -0.1) is 0 Å². The van der Waals surface area contributed by atoms with Crippen molar-refractivity contribution in [3.63, 3.8) is 0 Å². The minimum atomic E-state index is 0.432. The van der Waals surface area contributed by atoms with Gasteiger partial charge >= 0.3 is 0 Å². The van der Waals surface area contributed by atoms with Gasteiger partial charge in [0.25, 0.3) is 0 Å². The summed E-state index contributed by atoms with van der Waals surface area (Å²) in [4.78, 5) is 0. The third-order valence-electron chi connectivity index (χ3n) is 4.44. The minimum Gasteiger partial charge on any atom is -0.312 e. The van der Waals surface area contributed by atoms with E-state index < -0.39 is 0 Å². The highest BCUT2D eigenvalue weighted by atomic mass is 32.2. The van der Waals surface area contributed by atoms with Crippen LogP contribution in [0.5, 0.6) is 0 Å². The fraction of sp³-hybridized carbons (Fsp3) is 0.667. The zero-order valence-electron chi connectivity index (χ0n) is 13.2. The standard InChI is InChI=1S/C18H29NS/c1-4-13-19-17-16(11-8-12-18(17,2)3)20-14-15-9-6-5-7-10-15/h5-7,9-10,16-17,19H,4,8,11-14H2,1-3H3. The minimum absolute atomic E-state index is 0.432. The molecule has 2 atom stereocenters. The molecule has 0 amide bonds. The van der Waals surface area contributed by atoms with Gasteiger partial charge in [0.05, 0.1) is 0 Å². The molecule has 1 aliphatic carbocycles. The number of rotatable bonds is 6. The molecule has 0 bridgehead atoms. The molecule has 0 saturated heterocycles. The van der Waals surface area contributed by atoms with Crippen LogP contribution in [0.2, 0.25) is 0 Å². The van der Waals surface area contributed by atoms with Gasteiger partial charge in [0, 0.05) is 17.0 Å². The number of thioether (sulfide) groups is 1. The highest BCUT2D eigenvalue weighted by Crippen LogP contribution is 2.41. The van der Waals surface area contributed by atoms with Crippen molar-refractivity contribution in [2.45, 2.75) is 63.5 Å². The summed E-state index contributed by atoms with van der Waals surface area (Å²) in [5.74, 6) is 1.14. The fourth-order valence-electron chi connectivity index (χ4n) is 3.25. The summed E-state index contributed by atoms with van der Waals surface area (Å²) in [6, 6.07) is 11.5. The van der Waals surface area contributed by atoms with Crippen molar-refractivity contribution in [3.05, 3.63) is 35.9 Å². The van der Waals surface area contributed by atoms with Crippen molar-refractivity contribution >= 4 is 11.8 Å². The second-order valence-electron chi connectivity index (χ2n) is 6.65. The molecule has 0 heterocycles. The van der Waals surface area contributed by atoms with Crippen molar-refractivity contribution in [2.24, 2.45) is 5.41 Å². The molecular formula is C18H29NS. The average molecular weight is 292 g/mol. The highest BCUT2D eigenvalue weighted by molar-refractivity contribution is 7.99. The molecular weight excluding hydrogens is 262 g/mol. The smallest absolute Gasteiger partial charge is 0.0237 e. The first kappa shape index (κ1) is 15.9. The van der Waals surface area contributed by atoms with Crippen LogP contribution in [0.4, 0.5) is 0 Å². The van der Waals surface area contributed by atoms with Crippen LogP contribution in [0, 0.1) is 5.41 Å². The third-order valence-corrected chi connectivity index (χ3v) is 5.88. The predicted octanol–water partition coefficient (Wildman–Crippen LogP) is 4.87. The lowest BCUT2D eigenvalue weighted by atomic mass is 9.73. The lowest BCUT2D eigenvalue weighted by Gasteiger charge is -2.44. The summed E-state index contributed by atoms with van der Waals surface area (Å²) in [5, 5.41) is 4.58. The summed E-state index contributed by atoms with van der Waals surface area (Å²) in [7, 11) is 0. The summed E-state index contributed by atoms with van der Waals surface area (Å²) >= 11 is 2.15. The summed E-state index contributed by atoms with van der Waals surface area (Å²) in [6.07, 6.45) is 5.32. The monoisotopic (exact) mass is 291 g/mol. The van der Waals surface area contributed by atoms with E-state index in [4.69, 9.17) is 0 Å². The molecule has 1 aliphatic rings. The first-order valence-corrected chi connectivity index (χ1v) is 9.07. The van der Waals surface area contributed by atoms with Crippen LogP contribution in [0.3, 0.4) is 0 Å². The molecule has 0 aromatic heterocycles. The normalized spacial score (nSPS) is 25.6. The van der Waals surface area contributed by atoms with Gasteiger partial charge in [-0.3, -0.25) is 0 Å². The van der Waals surface area contributed by atoms with Crippen molar-refractivity contribution in [1.29, 1.82) is 0 Å². The van der Waals surface area contributed by atoms with Gasteiger partial charge in [0.2, 0.25) is 0 Å². The maximum atomic E-state index is 3.83. The molecule has 1 aromatic rings. The molecule has 112 valence electrons. The van der Waals surface area contributed by atoms with E-state index in [2.05, 4.69) is 68.2 Å². The van der Waals surface area contributed by atoms with E-state index in [1.165, 1.54) is 31.2 Å². The number of hydrogen-bond donors (Lipinski definition) is 1. The van der Waals surface area contributed by atoms with Crippen LogP contribution < -0.4 is 5.32 Å². The largest absolute Gasteiger partial charge is 0.312 e. The van der Waals surface area contributed by atoms with Gasteiger partial charge in [-0.1, -0.05) is 57.5 Å². The second kappa shape index (κ2) is 7.51. The Morgan fingerprint density at radius 3 is 2.70 bits per heavy atom. The number of nitrogens with one attached hydrogen (secondary N) is 1. The lowest BCUT2D eigenvalue weighted by molar-refractivity contribution is 0.175. The van der Waals surface area contributed by atoms with Gasteiger partial charge in [0.1, 0.15) is 0 Å². The van der Waals surface area contributed by atoms with Crippen LogP contribution in [-0.4, -0.2) is 17.8 Å². The molecule has 2 unspecified atom stereocenters. The van der Waals surface area contributed by atoms with Crippen molar-refractivity contribution in [2.75, 3.05) is 6.54 Å². The van der Waals surface area contributed by atoms with Gasteiger partial charge in [0.15, 0.2) is 0 Å². The Bertz CT molecular complexity index is 388. The summed E-state index contributed by atoms with van der Waals surface area (Å²) in [6.45, 7) is 8.29. The number of hydrogen-bond acceptors (Lipinski definition) is 2. The Labute approximate surface area is 128 Å². The Hall–Kier alpha value is -0.470. The van der Waals surface area contributed by atoms with E-state index >= 15 is 0 Å². The molecule has 1 N–H and O–H groups in total.